The van der Waals surface area contributed by atoms with E-state index in [1.807, 2.05) is 6.07 Å². The molecular formula is C25H43NO. The van der Waals surface area contributed by atoms with Gasteiger partial charge in [0.15, 0.2) is 0 Å². The van der Waals surface area contributed by atoms with Crippen LogP contribution in [0.5, 0.6) is 5.75 Å². The summed E-state index contributed by atoms with van der Waals surface area (Å²) in [5, 5.41) is 0. The number of rotatable bonds is 17. The molecular weight excluding hydrogens is 330 g/mol. The monoisotopic (exact) mass is 373 g/mol. The van der Waals surface area contributed by atoms with Crippen molar-refractivity contribution in [3.63, 3.8) is 0 Å². The number of ether oxygens (including phenoxy) is 1. The first-order valence-electron chi connectivity index (χ1n) is 11.4. The molecule has 0 saturated carbocycles. The second-order valence-electron chi connectivity index (χ2n) is 7.68. The molecule has 1 aromatic carbocycles. The maximum Gasteiger partial charge on any atom is 0.120 e. The molecule has 2 N–H and O–H groups in total. The Labute approximate surface area is 168 Å². The highest BCUT2D eigenvalue weighted by Crippen LogP contribution is 2.17. The lowest BCUT2D eigenvalue weighted by molar-refractivity contribution is 0.205. The van der Waals surface area contributed by atoms with Crippen LogP contribution >= 0.6 is 0 Å². The Hall–Kier alpha value is -1.28. The van der Waals surface area contributed by atoms with E-state index in [-0.39, 0.29) is 6.10 Å². The summed E-state index contributed by atoms with van der Waals surface area (Å²) >= 11 is 0. The average Bonchev–Trinajstić information content (AvgIpc) is 2.70. The van der Waals surface area contributed by atoms with Crippen LogP contribution in [0.15, 0.2) is 30.3 Å². The summed E-state index contributed by atoms with van der Waals surface area (Å²) in [5.41, 5.74) is 6.93. The Morgan fingerprint density at radius 2 is 1.52 bits per heavy atom. The fourth-order valence-electron chi connectivity index (χ4n) is 3.33. The van der Waals surface area contributed by atoms with Gasteiger partial charge in [-0.1, -0.05) is 102 Å². The summed E-state index contributed by atoms with van der Waals surface area (Å²) in [6, 6.07) is 8.31. The molecule has 2 heteroatoms. The molecule has 154 valence electrons. The first-order chi connectivity index (χ1) is 13.3. The average molecular weight is 374 g/mol. The van der Waals surface area contributed by atoms with E-state index in [0.717, 1.165) is 12.2 Å². The summed E-state index contributed by atoms with van der Waals surface area (Å²) in [6.07, 6.45) is 22.1. The fraction of sp³-hybridized carbons (Fsp3) is 0.680. The molecule has 1 unspecified atom stereocenters. The predicted octanol–water partition coefficient (Wildman–Crippen LogP) is 7.52. The van der Waals surface area contributed by atoms with Gasteiger partial charge in [-0.15, -0.1) is 0 Å². The summed E-state index contributed by atoms with van der Waals surface area (Å²) in [5.74, 6) is 0.921. The van der Waals surface area contributed by atoms with Crippen molar-refractivity contribution in [2.75, 3.05) is 6.54 Å². The van der Waals surface area contributed by atoms with Gasteiger partial charge in [0, 0.05) is 6.54 Å². The number of hydrogen-bond acceptors (Lipinski definition) is 2. The van der Waals surface area contributed by atoms with Crippen LogP contribution < -0.4 is 10.5 Å². The SMILES string of the molecule is CCCCCCCCCCCCCC=Cc1cccc(OC(CC)CN)c1. The molecule has 0 aromatic heterocycles. The van der Waals surface area contributed by atoms with Crippen LogP contribution in [-0.2, 0) is 0 Å². The molecule has 0 amide bonds. The topological polar surface area (TPSA) is 35.2 Å². The van der Waals surface area contributed by atoms with E-state index in [2.05, 4.69) is 44.2 Å². The Kier molecular flexibility index (Phi) is 14.8. The molecule has 0 aliphatic rings. The minimum atomic E-state index is 0.112. The zero-order chi connectivity index (χ0) is 19.6. The summed E-state index contributed by atoms with van der Waals surface area (Å²) in [4.78, 5) is 0. The Bertz CT molecular complexity index is 479. The molecule has 0 aliphatic heterocycles. The minimum absolute atomic E-state index is 0.112. The van der Waals surface area contributed by atoms with E-state index < -0.39 is 0 Å². The summed E-state index contributed by atoms with van der Waals surface area (Å²) in [7, 11) is 0. The number of nitrogens with two attached hydrogens (primary N) is 1. The van der Waals surface area contributed by atoms with E-state index >= 15 is 0 Å². The van der Waals surface area contributed by atoms with Crippen LogP contribution in [-0.4, -0.2) is 12.6 Å². The first kappa shape index (κ1) is 23.8. The van der Waals surface area contributed by atoms with Gasteiger partial charge in [0.25, 0.3) is 0 Å². The molecule has 0 heterocycles. The standard InChI is InChI=1S/C25H43NO/c1-3-5-6-7-8-9-10-11-12-13-14-15-16-18-23-19-17-20-25(21-23)27-24(4-2)22-26/h16-21,24H,3-15,22,26H2,1-2H3. The molecule has 0 fully saturated rings. The zero-order valence-corrected chi connectivity index (χ0v) is 17.9. The molecule has 1 aromatic rings. The number of benzene rings is 1. The molecule has 0 aliphatic carbocycles. The van der Waals surface area contributed by atoms with E-state index in [1.54, 1.807) is 0 Å². The normalized spacial score (nSPS) is 12.6. The third kappa shape index (κ3) is 12.7. The third-order valence-electron chi connectivity index (χ3n) is 5.16. The second-order valence-corrected chi connectivity index (χ2v) is 7.68. The highest BCUT2D eigenvalue weighted by Gasteiger charge is 2.05. The van der Waals surface area contributed by atoms with Crippen molar-refractivity contribution in [3.8, 4) is 5.75 Å². The van der Waals surface area contributed by atoms with Gasteiger partial charge in [-0.2, -0.15) is 0 Å². The molecule has 0 saturated heterocycles. The molecule has 2 nitrogen and oxygen atoms in total. The first-order valence-corrected chi connectivity index (χ1v) is 11.4. The van der Waals surface area contributed by atoms with Crippen molar-refractivity contribution in [1.82, 2.24) is 0 Å². The van der Waals surface area contributed by atoms with Gasteiger partial charge in [-0.25, -0.2) is 0 Å². The molecule has 1 atom stereocenters. The van der Waals surface area contributed by atoms with Gasteiger partial charge in [-0.05, 0) is 37.0 Å². The molecule has 0 bridgehead atoms. The molecule has 0 spiro atoms. The number of unbranched alkanes of at least 4 members (excludes halogenated alkanes) is 11. The van der Waals surface area contributed by atoms with E-state index in [1.165, 1.54) is 82.6 Å². The Balaban J connectivity index is 2.07. The predicted molar refractivity (Wildman–Crippen MR) is 120 cm³/mol. The highest BCUT2D eigenvalue weighted by molar-refractivity contribution is 5.51. The van der Waals surface area contributed by atoms with Crippen molar-refractivity contribution in [2.45, 2.75) is 103 Å². The van der Waals surface area contributed by atoms with Gasteiger partial charge in [0.05, 0.1) is 0 Å². The van der Waals surface area contributed by atoms with Crippen molar-refractivity contribution in [3.05, 3.63) is 35.9 Å². The van der Waals surface area contributed by atoms with Crippen LogP contribution in [0.25, 0.3) is 6.08 Å². The maximum absolute atomic E-state index is 5.91. The third-order valence-corrected chi connectivity index (χ3v) is 5.16. The quantitative estimate of drug-likeness (QED) is 0.287. The second kappa shape index (κ2) is 16.9. The zero-order valence-electron chi connectivity index (χ0n) is 17.9. The van der Waals surface area contributed by atoms with Crippen molar-refractivity contribution in [2.24, 2.45) is 5.73 Å². The van der Waals surface area contributed by atoms with Crippen LogP contribution in [0.2, 0.25) is 0 Å². The van der Waals surface area contributed by atoms with Gasteiger partial charge in [-0.3, -0.25) is 0 Å². The summed E-state index contributed by atoms with van der Waals surface area (Å²) < 4.78 is 5.91. The van der Waals surface area contributed by atoms with Gasteiger partial charge >= 0.3 is 0 Å². The molecule has 27 heavy (non-hydrogen) atoms. The van der Waals surface area contributed by atoms with E-state index in [9.17, 15) is 0 Å². The van der Waals surface area contributed by atoms with E-state index in [4.69, 9.17) is 10.5 Å². The smallest absolute Gasteiger partial charge is 0.120 e. The van der Waals surface area contributed by atoms with Gasteiger partial charge in [0.1, 0.15) is 11.9 Å². The van der Waals surface area contributed by atoms with Crippen LogP contribution in [0.1, 0.15) is 103 Å². The van der Waals surface area contributed by atoms with Crippen molar-refractivity contribution in [1.29, 1.82) is 0 Å². The van der Waals surface area contributed by atoms with Crippen molar-refractivity contribution < 1.29 is 4.74 Å². The largest absolute Gasteiger partial charge is 0.489 e. The number of hydrogen-bond donors (Lipinski definition) is 1. The minimum Gasteiger partial charge on any atom is -0.489 e. The maximum atomic E-state index is 5.91. The lowest BCUT2D eigenvalue weighted by atomic mass is 10.1. The molecule has 1 rings (SSSR count). The van der Waals surface area contributed by atoms with Crippen LogP contribution in [0.3, 0.4) is 0 Å². The van der Waals surface area contributed by atoms with Crippen molar-refractivity contribution >= 4 is 6.08 Å². The lowest BCUT2D eigenvalue weighted by Crippen LogP contribution is -2.25. The van der Waals surface area contributed by atoms with Crippen LogP contribution in [0, 0.1) is 0 Å². The Morgan fingerprint density at radius 3 is 2.11 bits per heavy atom. The van der Waals surface area contributed by atoms with E-state index in [0.29, 0.717) is 6.54 Å². The van der Waals surface area contributed by atoms with Gasteiger partial charge in [0.2, 0.25) is 0 Å². The summed E-state index contributed by atoms with van der Waals surface area (Å²) in [6.45, 7) is 4.95. The lowest BCUT2D eigenvalue weighted by Gasteiger charge is -2.15. The molecule has 0 radical (unpaired) electrons. The Morgan fingerprint density at radius 1 is 0.889 bits per heavy atom. The van der Waals surface area contributed by atoms with Gasteiger partial charge < -0.3 is 10.5 Å². The van der Waals surface area contributed by atoms with Crippen LogP contribution in [0.4, 0.5) is 0 Å². The fourth-order valence-corrected chi connectivity index (χ4v) is 3.33. The number of allylic oxidation sites excluding steroid dienone is 1. The highest BCUT2D eigenvalue weighted by atomic mass is 16.5.